The monoisotopic (exact) mass is 331 g/mol. The van der Waals surface area contributed by atoms with Crippen LogP contribution in [0.3, 0.4) is 0 Å². The van der Waals surface area contributed by atoms with Gasteiger partial charge in [0.15, 0.2) is 0 Å². The standard InChI is InChI=1S/C16H18BrN3/c1-12-9-13(10-17)11-18-16(12)20-8-7-19(2)14-5-3-4-6-15(14)20/h3-6,9,11H,7-8,10H2,1-2H3. The zero-order chi connectivity index (χ0) is 14.1. The predicted molar refractivity (Wildman–Crippen MR) is 88.3 cm³/mol. The molecule has 0 bridgehead atoms. The van der Waals surface area contributed by atoms with Gasteiger partial charge in [-0.1, -0.05) is 34.1 Å². The van der Waals surface area contributed by atoms with E-state index in [1.165, 1.54) is 22.5 Å². The Labute approximate surface area is 128 Å². The normalized spacial score (nSPS) is 14.3. The first-order valence-electron chi connectivity index (χ1n) is 6.80. The van der Waals surface area contributed by atoms with Crippen LogP contribution in [0.2, 0.25) is 0 Å². The molecule has 1 aromatic carbocycles. The van der Waals surface area contributed by atoms with E-state index in [9.17, 15) is 0 Å². The molecule has 0 radical (unpaired) electrons. The summed E-state index contributed by atoms with van der Waals surface area (Å²) >= 11 is 3.49. The van der Waals surface area contributed by atoms with Crippen LogP contribution in [0, 0.1) is 6.92 Å². The van der Waals surface area contributed by atoms with Crippen molar-refractivity contribution in [3.05, 3.63) is 47.7 Å². The molecule has 0 unspecified atom stereocenters. The third-order valence-electron chi connectivity index (χ3n) is 3.76. The number of fused-ring (bicyclic) bond motifs is 1. The molecular formula is C16H18BrN3. The Kier molecular flexibility index (Phi) is 3.66. The minimum Gasteiger partial charge on any atom is -0.371 e. The first-order chi connectivity index (χ1) is 9.70. The number of aromatic nitrogens is 1. The lowest BCUT2D eigenvalue weighted by atomic mass is 10.1. The highest BCUT2D eigenvalue weighted by Gasteiger charge is 2.22. The second-order valence-corrected chi connectivity index (χ2v) is 5.74. The van der Waals surface area contributed by atoms with E-state index < -0.39 is 0 Å². The first kappa shape index (κ1) is 13.4. The summed E-state index contributed by atoms with van der Waals surface area (Å²) in [6.07, 6.45) is 1.96. The smallest absolute Gasteiger partial charge is 0.135 e. The van der Waals surface area contributed by atoms with Crippen molar-refractivity contribution >= 4 is 33.1 Å². The van der Waals surface area contributed by atoms with Crippen molar-refractivity contribution in [2.45, 2.75) is 12.3 Å². The molecule has 104 valence electrons. The van der Waals surface area contributed by atoms with E-state index in [4.69, 9.17) is 0 Å². The fourth-order valence-electron chi connectivity index (χ4n) is 2.71. The molecule has 0 spiro atoms. The number of hydrogen-bond donors (Lipinski definition) is 0. The predicted octanol–water partition coefficient (Wildman–Crippen LogP) is 3.87. The average Bonchev–Trinajstić information content (AvgIpc) is 2.48. The van der Waals surface area contributed by atoms with E-state index in [1.54, 1.807) is 0 Å². The molecule has 1 aliphatic heterocycles. The maximum atomic E-state index is 4.67. The number of pyridine rings is 1. The highest BCUT2D eigenvalue weighted by atomic mass is 79.9. The van der Waals surface area contributed by atoms with Gasteiger partial charge in [-0.2, -0.15) is 0 Å². The summed E-state index contributed by atoms with van der Waals surface area (Å²) in [6, 6.07) is 10.7. The van der Waals surface area contributed by atoms with Crippen LogP contribution in [0.4, 0.5) is 17.2 Å². The van der Waals surface area contributed by atoms with E-state index in [0.717, 1.165) is 24.2 Å². The third-order valence-corrected chi connectivity index (χ3v) is 4.41. The quantitative estimate of drug-likeness (QED) is 0.778. The van der Waals surface area contributed by atoms with Crippen LogP contribution < -0.4 is 9.80 Å². The Balaban J connectivity index is 2.05. The number of halogens is 1. The van der Waals surface area contributed by atoms with Gasteiger partial charge in [-0.3, -0.25) is 0 Å². The highest BCUT2D eigenvalue weighted by Crippen LogP contribution is 2.37. The molecule has 0 aliphatic carbocycles. The van der Waals surface area contributed by atoms with Crippen LogP contribution in [-0.2, 0) is 5.33 Å². The number of rotatable bonds is 2. The molecule has 3 nitrogen and oxygen atoms in total. The van der Waals surface area contributed by atoms with E-state index in [2.05, 4.69) is 75.0 Å². The van der Waals surface area contributed by atoms with E-state index >= 15 is 0 Å². The van der Waals surface area contributed by atoms with E-state index in [-0.39, 0.29) is 0 Å². The van der Waals surface area contributed by atoms with Gasteiger partial charge in [0, 0.05) is 31.7 Å². The molecule has 2 aromatic rings. The number of alkyl halides is 1. The van der Waals surface area contributed by atoms with E-state index in [0.29, 0.717) is 0 Å². The van der Waals surface area contributed by atoms with Crippen molar-refractivity contribution in [2.24, 2.45) is 0 Å². The second kappa shape index (κ2) is 5.44. The molecule has 0 saturated heterocycles. The van der Waals surface area contributed by atoms with Crippen LogP contribution >= 0.6 is 15.9 Å². The van der Waals surface area contributed by atoms with Crippen molar-refractivity contribution < 1.29 is 0 Å². The molecule has 3 rings (SSSR count). The molecule has 0 fully saturated rings. The number of benzene rings is 1. The minimum atomic E-state index is 0.848. The van der Waals surface area contributed by atoms with Gasteiger partial charge >= 0.3 is 0 Å². The minimum absolute atomic E-state index is 0.848. The maximum absolute atomic E-state index is 4.67. The zero-order valence-corrected chi connectivity index (χ0v) is 13.4. The van der Waals surface area contributed by atoms with Crippen molar-refractivity contribution in [2.75, 3.05) is 29.9 Å². The van der Waals surface area contributed by atoms with Gasteiger partial charge in [0.1, 0.15) is 5.82 Å². The molecule has 4 heteroatoms. The summed E-state index contributed by atoms with van der Waals surface area (Å²) in [7, 11) is 2.14. The SMILES string of the molecule is Cc1cc(CBr)cnc1N1CCN(C)c2ccccc21. The Morgan fingerprint density at radius 3 is 2.65 bits per heavy atom. The number of anilines is 3. The molecule has 0 saturated carbocycles. The Bertz CT molecular complexity index is 627. The van der Waals surface area contributed by atoms with Gasteiger partial charge in [-0.05, 0) is 30.2 Å². The molecule has 0 N–H and O–H groups in total. The molecule has 20 heavy (non-hydrogen) atoms. The number of para-hydroxylation sites is 2. The van der Waals surface area contributed by atoms with Crippen LogP contribution in [0.25, 0.3) is 0 Å². The summed E-state index contributed by atoms with van der Waals surface area (Å²) in [5.74, 6) is 1.07. The number of likely N-dealkylation sites (N-methyl/N-ethyl adjacent to an activating group) is 1. The van der Waals surface area contributed by atoms with Crippen LogP contribution in [-0.4, -0.2) is 25.1 Å². The van der Waals surface area contributed by atoms with Gasteiger partial charge < -0.3 is 9.80 Å². The third kappa shape index (κ3) is 2.29. The van der Waals surface area contributed by atoms with E-state index in [1.807, 2.05) is 6.20 Å². The number of hydrogen-bond acceptors (Lipinski definition) is 3. The molecular weight excluding hydrogens is 314 g/mol. The summed E-state index contributed by atoms with van der Waals surface area (Å²) in [5.41, 5.74) is 4.95. The molecule has 2 heterocycles. The van der Waals surface area contributed by atoms with Gasteiger partial charge in [0.25, 0.3) is 0 Å². The number of nitrogens with zero attached hydrogens (tertiary/aromatic N) is 3. The molecule has 0 atom stereocenters. The first-order valence-corrected chi connectivity index (χ1v) is 7.92. The van der Waals surface area contributed by atoms with Gasteiger partial charge in [0.05, 0.1) is 11.4 Å². The van der Waals surface area contributed by atoms with Gasteiger partial charge in [-0.25, -0.2) is 4.98 Å². The fourth-order valence-corrected chi connectivity index (χ4v) is 3.01. The topological polar surface area (TPSA) is 19.4 Å². The summed E-state index contributed by atoms with van der Waals surface area (Å²) < 4.78 is 0. The lowest BCUT2D eigenvalue weighted by Crippen LogP contribution is -2.37. The fraction of sp³-hybridized carbons (Fsp3) is 0.312. The Morgan fingerprint density at radius 2 is 1.95 bits per heavy atom. The summed E-state index contributed by atoms with van der Waals surface area (Å²) in [5, 5.41) is 0.848. The number of aryl methyl sites for hydroxylation is 1. The average molecular weight is 332 g/mol. The summed E-state index contributed by atoms with van der Waals surface area (Å²) in [4.78, 5) is 9.30. The summed E-state index contributed by atoms with van der Waals surface area (Å²) in [6.45, 7) is 4.11. The Hall–Kier alpha value is -1.55. The lowest BCUT2D eigenvalue weighted by molar-refractivity contribution is 0.810. The largest absolute Gasteiger partial charge is 0.371 e. The lowest BCUT2D eigenvalue weighted by Gasteiger charge is -2.36. The van der Waals surface area contributed by atoms with Crippen molar-refractivity contribution in [3.63, 3.8) is 0 Å². The molecule has 1 aliphatic rings. The van der Waals surface area contributed by atoms with Crippen molar-refractivity contribution in [1.29, 1.82) is 0 Å². The second-order valence-electron chi connectivity index (χ2n) is 5.18. The van der Waals surface area contributed by atoms with Crippen molar-refractivity contribution in [3.8, 4) is 0 Å². The Morgan fingerprint density at radius 1 is 1.20 bits per heavy atom. The van der Waals surface area contributed by atoms with Gasteiger partial charge in [0.2, 0.25) is 0 Å². The van der Waals surface area contributed by atoms with Crippen LogP contribution in [0.15, 0.2) is 36.5 Å². The maximum Gasteiger partial charge on any atom is 0.135 e. The van der Waals surface area contributed by atoms with Gasteiger partial charge in [-0.15, -0.1) is 0 Å². The zero-order valence-electron chi connectivity index (χ0n) is 11.8. The molecule has 1 aromatic heterocycles. The van der Waals surface area contributed by atoms with Crippen molar-refractivity contribution in [1.82, 2.24) is 4.98 Å². The highest BCUT2D eigenvalue weighted by molar-refractivity contribution is 9.08. The van der Waals surface area contributed by atoms with Crippen LogP contribution in [0.1, 0.15) is 11.1 Å². The molecule has 0 amide bonds. The van der Waals surface area contributed by atoms with Crippen LogP contribution in [0.5, 0.6) is 0 Å².